The summed E-state index contributed by atoms with van der Waals surface area (Å²) in [7, 11) is -4.92. The van der Waals surface area contributed by atoms with E-state index in [1.165, 1.54) is 0 Å². The predicted octanol–water partition coefficient (Wildman–Crippen LogP) is -1.60. The average molecular weight is 454 g/mol. The van der Waals surface area contributed by atoms with Crippen molar-refractivity contribution in [3.63, 3.8) is 0 Å². The van der Waals surface area contributed by atoms with Crippen LogP contribution in [0.25, 0.3) is 21.8 Å². The van der Waals surface area contributed by atoms with E-state index in [0.29, 0.717) is 13.1 Å². The molecule has 0 fully saturated rings. The van der Waals surface area contributed by atoms with Crippen LogP contribution in [0.5, 0.6) is 5.75 Å². The molecule has 3 rings (SSSR count). The maximum absolute atomic E-state index is 10.1. The Balaban J connectivity index is 0.000000614. The number of benzene rings is 2. The molecule has 1 atom stereocenters. The van der Waals surface area contributed by atoms with Gasteiger partial charge in [-0.3, -0.25) is 21.0 Å². The van der Waals surface area contributed by atoms with Crippen molar-refractivity contribution in [2.45, 2.75) is 12.5 Å². The number of hydrogen-bond acceptors (Lipinski definition) is 6. The third-order valence-corrected chi connectivity index (χ3v) is 4.16. The Morgan fingerprint density at radius 2 is 1.87 bits per heavy atom. The summed E-state index contributed by atoms with van der Waals surface area (Å²) in [6, 6.07) is 14.0. The molecule has 0 radical (unpaired) electrons. The van der Waals surface area contributed by atoms with E-state index in [4.69, 9.17) is 33.7 Å². The van der Waals surface area contributed by atoms with Gasteiger partial charge in [-0.15, -0.1) is 0 Å². The lowest BCUT2D eigenvalue weighted by atomic mass is 10.1. The highest BCUT2D eigenvalue weighted by Gasteiger charge is 2.11. The predicted molar refractivity (Wildman–Crippen MR) is 116 cm³/mol. The molecule has 31 heavy (non-hydrogen) atoms. The van der Waals surface area contributed by atoms with Gasteiger partial charge in [0.15, 0.2) is 0 Å². The van der Waals surface area contributed by atoms with Crippen LogP contribution < -0.4 is 26.5 Å². The van der Waals surface area contributed by atoms with E-state index in [9.17, 15) is 5.11 Å². The second-order valence-corrected chi connectivity index (χ2v) is 7.54. The van der Waals surface area contributed by atoms with Crippen molar-refractivity contribution in [3.05, 3.63) is 42.5 Å². The first kappa shape index (κ1) is 24.4. The van der Waals surface area contributed by atoms with Crippen LogP contribution in [0, 0.1) is 0 Å². The number of rotatable bonds is 9. The van der Waals surface area contributed by atoms with Gasteiger partial charge in [0.1, 0.15) is 18.5 Å². The molecule has 11 nitrogen and oxygen atoms in total. The number of aliphatic hydroxyl groups excluding tert-OH is 1. The molecule has 0 saturated carbocycles. The number of guanidine groups is 1. The molecule has 2 aromatic carbocycles. The standard InChI is InChI=1S/C19H25N5O2.H2O4S/c20-19(21)23-10-4-9-22-11-13(25)12-26-17-8-3-7-16-18(17)14-5-1-2-6-15(14)24-16;1-5(2,3)4/h1-3,5-8,13,22,24-25H,4,9-12H2,(H4,20,21,23);(H2,1,2,3,4). The van der Waals surface area contributed by atoms with Gasteiger partial charge in [0.05, 0.1) is 12.1 Å². The Morgan fingerprint density at radius 1 is 1.19 bits per heavy atom. The normalized spacial score (nSPS) is 12.2. The molecule has 0 aliphatic carbocycles. The maximum Gasteiger partial charge on any atom is 0.338 e. The van der Waals surface area contributed by atoms with Crippen molar-refractivity contribution in [3.8, 4) is 5.75 Å². The van der Waals surface area contributed by atoms with Crippen LogP contribution >= 0.6 is 0 Å². The van der Waals surface area contributed by atoms with E-state index in [1.807, 2.05) is 36.4 Å². The Morgan fingerprint density at radius 3 is 2.58 bits per heavy atom. The molecular weight excluding hydrogens is 426 g/mol. The third kappa shape index (κ3) is 8.78. The zero-order valence-electron chi connectivity index (χ0n) is 16.7. The number of nitrogens with one attached hydrogen (secondary N) is 3. The Hall–Kier alpha value is -2.90. The quantitative estimate of drug-likeness (QED) is 0.0655. The summed E-state index contributed by atoms with van der Waals surface area (Å²) in [4.78, 5) is 6.24. The minimum absolute atomic E-state index is 0.227. The summed E-state index contributed by atoms with van der Waals surface area (Å²) in [5.74, 6) is 1.00. The van der Waals surface area contributed by atoms with Crippen LogP contribution in [0.4, 0.5) is 0 Å². The molecule has 1 heterocycles. The van der Waals surface area contributed by atoms with Crippen LogP contribution in [-0.4, -0.2) is 65.9 Å². The summed E-state index contributed by atoms with van der Waals surface area (Å²) in [6.07, 6.45) is 0.273. The number of aliphatic hydroxyl groups is 1. The number of para-hydroxylation sites is 1. The first-order valence-electron chi connectivity index (χ1n) is 9.46. The van der Waals surface area contributed by atoms with E-state index in [2.05, 4.69) is 21.4 Å². The first-order valence-corrected chi connectivity index (χ1v) is 10.8. The Labute approximate surface area is 179 Å². The van der Waals surface area contributed by atoms with E-state index in [-0.39, 0.29) is 12.6 Å². The highest BCUT2D eigenvalue weighted by Crippen LogP contribution is 2.32. The molecule has 9 N–H and O–H groups in total. The second-order valence-electron chi connectivity index (χ2n) is 6.68. The monoisotopic (exact) mass is 453 g/mol. The molecule has 3 aromatic rings. The molecule has 0 aliphatic rings. The topological polar surface area (TPSA) is 201 Å². The Bertz CT molecular complexity index is 1100. The van der Waals surface area contributed by atoms with Gasteiger partial charge in [0.2, 0.25) is 10.4 Å². The number of fused-ring (bicyclic) bond motifs is 3. The van der Waals surface area contributed by atoms with Crippen molar-refractivity contribution >= 4 is 38.2 Å². The minimum atomic E-state index is -4.92. The van der Waals surface area contributed by atoms with E-state index in [1.54, 1.807) is 0 Å². The number of ether oxygens (including phenoxy) is 1. The zero-order chi connectivity index (χ0) is 22.9. The van der Waals surface area contributed by atoms with Crippen LogP contribution in [0.15, 0.2) is 42.5 Å². The number of H-pyrrole nitrogens is 1. The molecule has 1 unspecified atom stereocenters. The molecule has 0 amide bonds. The van der Waals surface area contributed by atoms with Gasteiger partial charge in [-0.2, -0.15) is 0 Å². The fraction of sp³-hybridized carbons (Fsp3) is 0.316. The van der Waals surface area contributed by atoms with E-state index in [0.717, 1.165) is 40.5 Å². The molecular formula is C19H27N5O6S. The highest BCUT2D eigenvalue weighted by molar-refractivity contribution is 7.79. The number of hydrogen-bond donors (Lipinski definition) is 7. The van der Waals surface area contributed by atoms with Gasteiger partial charge < -0.3 is 24.7 Å². The molecule has 1 aromatic heterocycles. The average Bonchev–Trinajstić information content (AvgIpc) is 3.06. The fourth-order valence-corrected chi connectivity index (χ4v) is 2.95. The highest BCUT2D eigenvalue weighted by atomic mass is 32.3. The van der Waals surface area contributed by atoms with Crippen molar-refractivity contribution in [2.24, 2.45) is 11.5 Å². The number of aromatic amines is 1. The molecule has 170 valence electrons. The summed E-state index contributed by atoms with van der Waals surface area (Å²) in [6.45, 7) is 2.15. The summed E-state index contributed by atoms with van der Waals surface area (Å²) < 4.78 is 38.7. The van der Waals surface area contributed by atoms with Gasteiger partial charge in [-0.1, -0.05) is 24.3 Å². The van der Waals surface area contributed by atoms with Gasteiger partial charge in [0.25, 0.3) is 0 Å². The summed E-state index contributed by atoms with van der Waals surface area (Å²) in [5, 5.41) is 15.5. The summed E-state index contributed by atoms with van der Waals surface area (Å²) in [5.41, 5.74) is 12.7. The maximum atomic E-state index is 10.1. The van der Waals surface area contributed by atoms with Crippen LogP contribution in [0.1, 0.15) is 6.42 Å². The molecule has 12 heteroatoms. The SMILES string of the molecule is NC(N)=[NH+]CCCNCC(O)COc1cccc2[nH]c3ccccc3c12.O=S(=O)([O-])O. The van der Waals surface area contributed by atoms with Gasteiger partial charge >= 0.3 is 5.96 Å². The van der Waals surface area contributed by atoms with Gasteiger partial charge in [0, 0.05) is 22.8 Å². The molecule has 0 aliphatic heterocycles. The van der Waals surface area contributed by atoms with Gasteiger partial charge in [-0.25, -0.2) is 8.42 Å². The lowest BCUT2D eigenvalue weighted by molar-refractivity contribution is -0.459. The largest absolute Gasteiger partial charge is 0.726 e. The lowest BCUT2D eigenvalue weighted by Crippen LogP contribution is -2.78. The van der Waals surface area contributed by atoms with Crippen molar-refractivity contribution in [1.82, 2.24) is 10.3 Å². The second kappa shape index (κ2) is 11.5. The number of nitrogens with two attached hydrogens (primary N) is 2. The molecule has 0 bridgehead atoms. The van der Waals surface area contributed by atoms with Crippen molar-refractivity contribution in [2.75, 3.05) is 26.2 Å². The van der Waals surface area contributed by atoms with Gasteiger partial charge in [-0.05, 0) is 31.2 Å². The van der Waals surface area contributed by atoms with Crippen LogP contribution in [-0.2, 0) is 10.4 Å². The first-order chi connectivity index (χ1) is 14.6. The number of aromatic nitrogens is 1. The van der Waals surface area contributed by atoms with Crippen LogP contribution in [0.3, 0.4) is 0 Å². The third-order valence-electron chi connectivity index (χ3n) is 4.16. The van der Waals surface area contributed by atoms with Crippen molar-refractivity contribution < 1.29 is 32.4 Å². The Kier molecular flexibility index (Phi) is 9.03. The molecule has 0 spiro atoms. The minimum Gasteiger partial charge on any atom is -0.726 e. The zero-order valence-corrected chi connectivity index (χ0v) is 17.6. The summed E-state index contributed by atoms with van der Waals surface area (Å²) >= 11 is 0. The van der Waals surface area contributed by atoms with E-state index >= 15 is 0 Å². The fourth-order valence-electron chi connectivity index (χ4n) is 2.95. The smallest absolute Gasteiger partial charge is 0.338 e. The van der Waals surface area contributed by atoms with Crippen molar-refractivity contribution in [1.29, 1.82) is 0 Å². The lowest BCUT2D eigenvalue weighted by Gasteiger charge is -2.14. The molecule has 0 saturated heterocycles. The van der Waals surface area contributed by atoms with E-state index < -0.39 is 16.5 Å². The van der Waals surface area contributed by atoms with Crippen LogP contribution in [0.2, 0.25) is 0 Å².